The van der Waals surface area contributed by atoms with E-state index in [2.05, 4.69) is 10.1 Å². The highest BCUT2D eigenvalue weighted by Gasteiger charge is 2.12. The maximum atomic E-state index is 12.4. The van der Waals surface area contributed by atoms with E-state index in [1.54, 1.807) is 36.5 Å². The normalized spacial score (nSPS) is 10.4. The van der Waals surface area contributed by atoms with Crippen LogP contribution in [0.2, 0.25) is 0 Å². The number of aromatic nitrogens is 3. The minimum Gasteiger partial charge on any atom is -0.340 e. The quantitative estimate of drug-likeness (QED) is 0.715. The van der Waals surface area contributed by atoms with E-state index in [9.17, 15) is 9.59 Å². The average molecular weight is 334 g/mol. The maximum absolute atomic E-state index is 12.4. The number of rotatable bonds is 5. The fraction of sp³-hybridized carbons (Fsp3) is 0.158. The van der Waals surface area contributed by atoms with Gasteiger partial charge in [0.15, 0.2) is 0 Å². The van der Waals surface area contributed by atoms with E-state index < -0.39 is 0 Å². The van der Waals surface area contributed by atoms with Crippen molar-refractivity contribution in [2.45, 2.75) is 13.1 Å². The van der Waals surface area contributed by atoms with E-state index in [-0.39, 0.29) is 18.0 Å². The second-order valence-corrected chi connectivity index (χ2v) is 5.69. The van der Waals surface area contributed by atoms with Crippen LogP contribution in [0.15, 0.2) is 71.8 Å². The number of benzene rings is 1. The predicted octanol–water partition coefficient (Wildman–Crippen LogP) is 1.96. The van der Waals surface area contributed by atoms with Crippen LogP contribution in [0.25, 0.3) is 11.3 Å². The minimum atomic E-state index is -0.311. The highest BCUT2D eigenvalue weighted by molar-refractivity contribution is 5.75. The molecule has 0 spiro atoms. The van der Waals surface area contributed by atoms with E-state index in [0.717, 1.165) is 11.1 Å². The smallest absolute Gasteiger partial charge is 0.267 e. The molecule has 6 heteroatoms. The Morgan fingerprint density at radius 2 is 1.88 bits per heavy atom. The molecular weight excluding hydrogens is 316 g/mol. The van der Waals surface area contributed by atoms with Gasteiger partial charge in [-0.2, -0.15) is 5.10 Å². The molecule has 1 aromatic carbocycles. The Balaban J connectivity index is 1.75. The number of carbonyl (C=O) groups excluding carboxylic acids is 1. The van der Waals surface area contributed by atoms with Crippen LogP contribution in [0.5, 0.6) is 0 Å². The molecule has 0 aliphatic rings. The van der Waals surface area contributed by atoms with Gasteiger partial charge in [0.2, 0.25) is 5.91 Å². The van der Waals surface area contributed by atoms with E-state index in [1.807, 2.05) is 36.4 Å². The zero-order chi connectivity index (χ0) is 17.6. The number of carbonyl (C=O) groups is 1. The van der Waals surface area contributed by atoms with Gasteiger partial charge >= 0.3 is 0 Å². The summed E-state index contributed by atoms with van der Waals surface area (Å²) in [4.78, 5) is 30.1. The first-order chi connectivity index (χ1) is 12.1. The molecule has 0 aliphatic carbocycles. The summed E-state index contributed by atoms with van der Waals surface area (Å²) in [7, 11) is 1.71. The van der Waals surface area contributed by atoms with Gasteiger partial charge in [-0.3, -0.25) is 14.6 Å². The van der Waals surface area contributed by atoms with Crippen LogP contribution >= 0.6 is 0 Å². The first-order valence-corrected chi connectivity index (χ1v) is 7.90. The van der Waals surface area contributed by atoms with Crippen molar-refractivity contribution < 1.29 is 4.79 Å². The number of hydrogen-bond donors (Lipinski definition) is 0. The van der Waals surface area contributed by atoms with Crippen molar-refractivity contribution in [3.05, 3.63) is 82.9 Å². The molecule has 1 amide bonds. The molecule has 2 heterocycles. The summed E-state index contributed by atoms with van der Waals surface area (Å²) in [5.74, 6) is -0.179. The largest absolute Gasteiger partial charge is 0.340 e. The zero-order valence-electron chi connectivity index (χ0n) is 13.9. The fourth-order valence-corrected chi connectivity index (χ4v) is 2.42. The number of pyridine rings is 1. The molecule has 0 fully saturated rings. The lowest BCUT2D eigenvalue weighted by Gasteiger charge is -2.17. The van der Waals surface area contributed by atoms with Crippen molar-refractivity contribution in [3.8, 4) is 11.3 Å². The monoisotopic (exact) mass is 334 g/mol. The van der Waals surface area contributed by atoms with Crippen molar-refractivity contribution in [3.63, 3.8) is 0 Å². The molecule has 0 atom stereocenters. The molecule has 0 saturated heterocycles. The molecule has 0 saturated carbocycles. The van der Waals surface area contributed by atoms with Crippen LogP contribution in [-0.4, -0.2) is 32.6 Å². The van der Waals surface area contributed by atoms with Gasteiger partial charge in [-0.15, -0.1) is 0 Å². The van der Waals surface area contributed by atoms with Gasteiger partial charge in [0, 0.05) is 37.6 Å². The summed E-state index contributed by atoms with van der Waals surface area (Å²) in [5, 5.41) is 4.29. The van der Waals surface area contributed by atoms with Crippen molar-refractivity contribution in [1.29, 1.82) is 0 Å². The Morgan fingerprint density at radius 3 is 2.60 bits per heavy atom. The van der Waals surface area contributed by atoms with Crippen molar-refractivity contribution in [1.82, 2.24) is 19.7 Å². The standard InChI is InChI=1S/C19H18N4O2/c1-22(13-15-6-3-2-4-7-15)19(25)14-23-18(24)10-9-17(21-23)16-8-5-11-20-12-16/h2-12H,13-14H2,1H3. The Bertz CT molecular complexity index is 907. The number of nitrogens with zero attached hydrogens (tertiary/aromatic N) is 4. The van der Waals surface area contributed by atoms with E-state index in [0.29, 0.717) is 12.2 Å². The molecule has 0 aliphatic heterocycles. The minimum absolute atomic E-state index is 0.101. The summed E-state index contributed by atoms with van der Waals surface area (Å²) in [6, 6.07) is 16.4. The van der Waals surface area contributed by atoms with Gasteiger partial charge < -0.3 is 4.90 Å². The molecule has 0 unspecified atom stereocenters. The van der Waals surface area contributed by atoms with Crippen LogP contribution in [0, 0.1) is 0 Å². The van der Waals surface area contributed by atoms with E-state index >= 15 is 0 Å². The summed E-state index contributed by atoms with van der Waals surface area (Å²) in [5.41, 5.74) is 2.12. The molecule has 0 radical (unpaired) electrons. The van der Waals surface area contributed by atoms with Crippen molar-refractivity contribution >= 4 is 5.91 Å². The van der Waals surface area contributed by atoms with Gasteiger partial charge in [-0.1, -0.05) is 30.3 Å². The molecule has 126 valence electrons. The molecule has 0 bridgehead atoms. The lowest BCUT2D eigenvalue weighted by molar-refractivity contribution is -0.131. The summed E-state index contributed by atoms with van der Waals surface area (Å²) < 4.78 is 1.19. The van der Waals surface area contributed by atoms with Crippen LogP contribution in [-0.2, 0) is 17.9 Å². The van der Waals surface area contributed by atoms with Crippen molar-refractivity contribution in [2.75, 3.05) is 7.05 Å². The van der Waals surface area contributed by atoms with Gasteiger partial charge in [0.05, 0.1) is 5.69 Å². The highest BCUT2D eigenvalue weighted by atomic mass is 16.2. The van der Waals surface area contributed by atoms with Crippen molar-refractivity contribution in [2.24, 2.45) is 0 Å². The Labute approximate surface area is 145 Å². The average Bonchev–Trinajstić information content (AvgIpc) is 2.65. The second kappa shape index (κ2) is 7.53. The number of amides is 1. The van der Waals surface area contributed by atoms with Gasteiger partial charge in [-0.25, -0.2) is 4.68 Å². The Kier molecular flexibility index (Phi) is 4.99. The highest BCUT2D eigenvalue weighted by Crippen LogP contribution is 2.12. The zero-order valence-corrected chi connectivity index (χ0v) is 13.9. The van der Waals surface area contributed by atoms with Crippen LogP contribution < -0.4 is 5.56 Å². The molecule has 2 aromatic heterocycles. The Morgan fingerprint density at radius 1 is 1.08 bits per heavy atom. The van der Waals surface area contributed by atoms with Gasteiger partial charge in [0.25, 0.3) is 5.56 Å². The SMILES string of the molecule is CN(Cc1ccccc1)C(=O)Cn1nc(-c2cccnc2)ccc1=O. The number of likely N-dealkylation sites (N-methyl/N-ethyl adjacent to an activating group) is 1. The second-order valence-electron chi connectivity index (χ2n) is 5.69. The molecule has 3 rings (SSSR count). The number of hydrogen-bond acceptors (Lipinski definition) is 4. The summed E-state index contributed by atoms with van der Waals surface area (Å²) in [6.07, 6.45) is 3.34. The topological polar surface area (TPSA) is 68.1 Å². The predicted molar refractivity (Wildman–Crippen MR) is 94.6 cm³/mol. The van der Waals surface area contributed by atoms with Crippen LogP contribution in [0.4, 0.5) is 0 Å². The Hall–Kier alpha value is -3.28. The van der Waals surface area contributed by atoms with Crippen LogP contribution in [0.3, 0.4) is 0 Å². The lowest BCUT2D eigenvalue weighted by Crippen LogP contribution is -2.34. The fourth-order valence-electron chi connectivity index (χ4n) is 2.42. The van der Waals surface area contributed by atoms with Crippen LogP contribution in [0.1, 0.15) is 5.56 Å². The molecule has 25 heavy (non-hydrogen) atoms. The lowest BCUT2D eigenvalue weighted by atomic mass is 10.2. The first-order valence-electron chi connectivity index (χ1n) is 7.90. The molecule has 6 nitrogen and oxygen atoms in total. The van der Waals surface area contributed by atoms with Gasteiger partial charge in [0.1, 0.15) is 6.54 Å². The first kappa shape index (κ1) is 16.6. The third-order valence-corrected chi connectivity index (χ3v) is 3.80. The molecule has 3 aromatic rings. The van der Waals surface area contributed by atoms with Gasteiger partial charge in [-0.05, 0) is 23.8 Å². The molecular formula is C19H18N4O2. The summed E-state index contributed by atoms with van der Waals surface area (Å²) >= 11 is 0. The molecule has 0 N–H and O–H groups in total. The summed E-state index contributed by atoms with van der Waals surface area (Å²) in [6.45, 7) is 0.382. The third kappa shape index (κ3) is 4.17. The van der Waals surface area contributed by atoms with E-state index in [4.69, 9.17) is 0 Å². The van der Waals surface area contributed by atoms with E-state index in [1.165, 1.54) is 10.7 Å². The third-order valence-electron chi connectivity index (χ3n) is 3.80. The maximum Gasteiger partial charge on any atom is 0.267 e.